The molecular weight excluding hydrogens is 346 g/mol. The van der Waals surface area contributed by atoms with Gasteiger partial charge in [0.15, 0.2) is 0 Å². The summed E-state index contributed by atoms with van der Waals surface area (Å²) in [5.41, 5.74) is 1.05. The van der Waals surface area contributed by atoms with Gasteiger partial charge >= 0.3 is 5.97 Å². The van der Waals surface area contributed by atoms with Crippen molar-refractivity contribution < 1.29 is 24.5 Å². The average Bonchev–Trinajstić information content (AvgIpc) is 2.65. The van der Waals surface area contributed by atoms with Gasteiger partial charge in [0.1, 0.15) is 13.2 Å². The van der Waals surface area contributed by atoms with Crippen LogP contribution in [0.25, 0.3) is 0 Å². The first kappa shape index (κ1) is 20.7. The van der Waals surface area contributed by atoms with Crippen LogP contribution in [-0.4, -0.2) is 58.9 Å². The highest BCUT2D eigenvalue weighted by molar-refractivity contribution is 5.78. The highest BCUT2D eigenvalue weighted by atomic mass is 16.5. The highest BCUT2D eigenvalue weighted by Crippen LogP contribution is 2.19. The molecule has 1 amide bonds. The van der Waals surface area contributed by atoms with Gasteiger partial charge in [0.2, 0.25) is 5.91 Å². The summed E-state index contributed by atoms with van der Waals surface area (Å²) in [7, 11) is 0. The number of nitrogens with zero attached hydrogens (tertiary/aromatic N) is 1. The van der Waals surface area contributed by atoms with Crippen LogP contribution in [-0.2, 0) is 20.7 Å². The van der Waals surface area contributed by atoms with Gasteiger partial charge in [0, 0.05) is 12.8 Å². The monoisotopic (exact) mass is 371 g/mol. The standard InChI is InChI=1S/C21H25NO5/c23-19(15-17-7-2-1-3-8-17)12-11-18-9-6-10-20(24)22(18)13-4-5-14-27-16-21(25)26/h1-3,7-8,11-12,18-19,23H,6,9-10,13-16H2,(H,25,26)/t18?,19-/m0/s1. The van der Waals surface area contributed by atoms with E-state index in [4.69, 9.17) is 9.84 Å². The van der Waals surface area contributed by atoms with Gasteiger partial charge < -0.3 is 19.8 Å². The lowest BCUT2D eigenvalue weighted by Crippen LogP contribution is -2.42. The first-order chi connectivity index (χ1) is 13.1. The zero-order chi connectivity index (χ0) is 19.5. The number of hydrogen-bond acceptors (Lipinski definition) is 4. The molecule has 0 spiro atoms. The van der Waals surface area contributed by atoms with Crippen LogP contribution in [0.2, 0.25) is 0 Å². The molecule has 0 radical (unpaired) electrons. The number of hydrogen-bond donors (Lipinski definition) is 2. The molecule has 2 N–H and O–H groups in total. The minimum Gasteiger partial charge on any atom is -0.480 e. The van der Waals surface area contributed by atoms with Gasteiger partial charge in [-0.3, -0.25) is 4.79 Å². The maximum atomic E-state index is 12.2. The van der Waals surface area contributed by atoms with Crippen LogP contribution in [0.3, 0.4) is 0 Å². The lowest BCUT2D eigenvalue weighted by molar-refractivity contribution is -0.141. The number of aliphatic hydroxyl groups excluding tert-OH is 1. The highest BCUT2D eigenvalue weighted by Gasteiger charge is 2.25. The molecule has 0 aliphatic carbocycles. The predicted molar refractivity (Wildman–Crippen MR) is 101 cm³/mol. The van der Waals surface area contributed by atoms with Crippen LogP contribution in [0.15, 0.2) is 42.5 Å². The molecule has 1 unspecified atom stereocenters. The Kier molecular flexibility index (Phi) is 8.56. The number of rotatable bonds is 8. The van der Waals surface area contributed by atoms with E-state index in [1.807, 2.05) is 36.4 Å². The molecule has 1 aliphatic heterocycles. The van der Waals surface area contributed by atoms with Crippen LogP contribution in [0.4, 0.5) is 0 Å². The molecule has 1 aromatic rings. The summed E-state index contributed by atoms with van der Waals surface area (Å²) in [6.07, 6.45) is 5.68. The summed E-state index contributed by atoms with van der Waals surface area (Å²) >= 11 is 0. The summed E-state index contributed by atoms with van der Waals surface area (Å²) in [4.78, 5) is 24.2. The number of carbonyl (C=O) groups excluding carboxylic acids is 1. The van der Waals surface area contributed by atoms with Gasteiger partial charge in [-0.05, 0) is 18.4 Å². The molecule has 6 nitrogen and oxygen atoms in total. The van der Waals surface area contributed by atoms with Crippen molar-refractivity contribution in [1.29, 1.82) is 0 Å². The molecule has 1 aromatic carbocycles. The van der Waals surface area contributed by atoms with Crippen molar-refractivity contribution in [2.75, 3.05) is 19.8 Å². The first-order valence-electron chi connectivity index (χ1n) is 9.01. The van der Waals surface area contributed by atoms with Gasteiger partial charge in [-0.15, -0.1) is 0 Å². The van der Waals surface area contributed by atoms with Gasteiger partial charge in [-0.1, -0.05) is 54.3 Å². The number of likely N-dealkylation sites (tertiary alicyclic amines) is 1. The van der Waals surface area contributed by atoms with Crippen LogP contribution in [0, 0.1) is 11.8 Å². The zero-order valence-corrected chi connectivity index (χ0v) is 15.2. The molecule has 0 saturated carbocycles. The van der Waals surface area contributed by atoms with Crippen molar-refractivity contribution in [2.45, 2.75) is 37.8 Å². The van der Waals surface area contributed by atoms with Crippen molar-refractivity contribution in [3.63, 3.8) is 0 Å². The molecule has 1 fully saturated rings. The summed E-state index contributed by atoms with van der Waals surface area (Å²) in [5, 5.41) is 18.7. The van der Waals surface area contributed by atoms with E-state index in [1.165, 1.54) is 0 Å². The van der Waals surface area contributed by atoms with E-state index in [9.17, 15) is 14.7 Å². The Morgan fingerprint density at radius 1 is 1.33 bits per heavy atom. The fourth-order valence-corrected chi connectivity index (χ4v) is 2.91. The van der Waals surface area contributed by atoms with E-state index in [2.05, 4.69) is 11.8 Å². The van der Waals surface area contributed by atoms with E-state index in [-0.39, 0.29) is 31.7 Å². The van der Waals surface area contributed by atoms with Crippen molar-refractivity contribution >= 4 is 11.9 Å². The van der Waals surface area contributed by atoms with E-state index in [1.54, 1.807) is 11.0 Å². The van der Waals surface area contributed by atoms with Gasteiger partial charge in [-0.25, -0.2) is 4.79 Å². The number of benzene rings is 1. The van der Waals surface area contributed by atoms with Crippen LogP contribution in [0.5, 0.6) is 0 Å². The second-order valence-electron chi connectivity index (χ2n) is 6.36. The fourth-order valence-electron chi connectivity index (χ4n) is 2.91. The Labute approximate surface area is 159 Å². The number of carboxylic acid groups (broad SMARTS) is 1. The van der Waals surface area contributed by atoms with Gasteiger partial charge in [0.05, 0.1) is 18.7 Å². The van der Waals surface area contributed by atoms with E-state index in [0.29, 0.717) is 12.8 Å². The summed E-state index contributed by atoms with van der Waals surface area (Å²) in [6.45, 7) is -0.105. The second kappa shape index (κ2) is 11.2. The summed E-state index contributed by atoms with van der Waals surface area (Å²) in [6, 6.07) is 9.65. The van der Waals surface area contributed by atoms with Gasteiger partial charge in [0.25, 0.3) is 0 Å². The minimum atomic E-state index is -1.04. The van der Waals surface area contributed by atoms with Crippen molar-refractivity contribution in [2.24, 2.45) is 0 Å². The summed E-state index contributed by atoms with van der Waals surface area (Å²) in [5.74, 6) is 4.58. The predicted octanol–water partition coefficient (Wildman–Crippen LogP) is 1.63. The molecular formula is C21H25NO5. The van der Waals surface area contributed by atoms with E-state index < -0.39 is 12.1 Å². The third kappa shape index (κ3) is 7.65. The second-order valence-corrected chi connectivity index (χ2v) is 6.36. The third-order valence-corrected chi connectivity index (χ3v) is 4.23. The number of aliphatic carboxylic acids is 1. The smallest absolute Gasteiger partial charge is 0.329 e. The quantitative estimate of drug-likeness (QED) is 0.412. The number of ether oxygens (including phenoxy) is 1. The molecule has 1 aliphatic rings. The molecule has 2 rings (SSSR count). The molecule has 1 saturated heterocycles. The van der Waals surface area contributed by atoms with Gasteiger partial charge in [-0.2, -0.15) is 0 Å². The molecule has 27 heavy (non-hydrogen) atoms. The maximum absolute atomic E-state index is 12.2. The first-order valence-corrected chi connectivity index (χ1v) is 9.01. The Morgan fingerprint density at radius 2 is 2.11 bits per heavy atom. The van der Waals surface area contributed by atoms with Crippen LogP contribution < -0.4 is 0 Å². The van der Waals surface area contributed by atoms with Crippen molar-refractivity contribution in [3.8, 4) is 11.8 Å². The van der Waals surface area contributed by atoms with Crippen molar-refractivity contribution in [3.05, 3.63) is 48.0 Å². The largest absolute Gasteiger partial charge is 0.480 e. The summed E-state index contributed by atoms with van der Waals surface area (Å²) < 4.78 is 4.85. The Balaban J connectivity index is 1.87. The SMILES string of the molecule is O=C(O)COCC#CCN1C(=O)CCCC1C=C[C@H](O)Cc1ccccc1. The van der Waals surface area contributed by atoms with Crippen LogP contribution in [0.1, 0.15) is 24.8 Å². The number of aliphatic hydroxyl groups is 1. The molecule has 2 atom stereocenters. The molecule has 144 valence electrons. The zero-order valence-electron chi connectivity index (χ0n) is 15.2. The Hall–Kier alpha value is -2.62. The van der Waals surface area contributed by atoms with E-state index >= 15 is 0 Å². The Morgan fingerprint density at radius 3 is 2.85 bits per heavy atom. The van der Waals surface area contributed by atoms with Crippen molar-refractivity contribution in [1.82, 2.24) is 4.90 Å². The lowest BCUT2D eigenvalue weighted by Gasteiger charge is -2.32. The fraction of sp³-hybridized carbons (Fsp3) is 0.429. The Bertz CT molecular complexity index is 704. The lowest BCUT2D eigenvalue weighted by atomic mass is 9.99. The minimum absolute atomic E-state index is 0.0185. The maximum Gasteiger partial charge on any atom is 0.329 e. The third-order valence-electron chi connectivity index (χ3n) is 4.23. The number of carboxylic acids is 1. The number of piperidine rings is 1. The van der Waals surface area contributed by atoms with E-state index in [0.717, 1.165) is 18.4 Å². The number of amides is 1. The average molecular weight is 371 g/mol. The van der Waals surface area contributed by atoms with Crippen LogP contribution >= 0.6 is 0 Å². The molecule has 1 heterocycles. The topological polar surface area (TPSA) is 87.1 Å². The molecule has 6 heteroatoms. The number of carbonyl (C=O) groups is 2. The molecule has 0 aromatic heterocycles. The normalized spacial score (nSPS) is 18.2. The molecule has 0 bridgehead atoms.